The summed E-state index contributed by atoms with van der Waals surface area (Å²) in [4.78, 5) is 0. The molecule has 0 atom stereocenters. The quantitative estimate of drug-likeness (QED) is 0.673. The maximum absolute atomic E-state index is 5.14. The van der Waals surface area contributed by atoms with Crippen LogP contribution < -0.4 is 5.73 Å². The van der Waals surface area contributed by atoms with E-state index in [9.17, 15) is 0 Å². The maximum atomic E-state index is 5.14. The molecule has 0 aliphatic rings. The van der Waals surface area contributed by atoms with E-state index in [2.05, 4.69) is 34.6 Å². The first-order valence-electron chi connectivity index (χ1n) is 4.76. The first-order valence-corrected chi connectivity index (χ1v) is 4.76. The van der Waals surface area contributed by atoms with Crippen LogP contribution in [0.4, 0.5) is 0 Å². The van der Waals surface area contributed by atoms with Crippen LogP contribution in [0.5, 0.6) is 0 Å². The van der Waals surface area contributed by atoms with Gasteiger partial charge in [0.15, 0.2) is 0 Å². The molecule has 0 aliphatic heterocycles. The molecule has 0 aromatic carbocycles. The van der Waals surface area contributed by atoms with Crippen molar-refractivity contribution in [3.8, 4) is 0 Å². The van der Waals surface area contributed by atoms with E-state index in [0.717, 1.165) is 18.4 Å². The van der Waals surface area contributed by atoms with Crippen molar-refractivity contribution < 1.29 is 0 Å². The molecule has 70 valence electrons. The molecule has 0 bridgehead atoms. The number of hydrogen-bond acceptors (Lipinski definition) is 1. The van der Waals surface area contributed by atoms with Crippen molar-refractivity contribution in [3.63, 3.8) is 0 Å². The van der Waals surface area contributed by atoms with Gasteiger partial charge in [-0.25, -0.2) is 0 Å². The number of nitrogens with two attached hydrogens (primary N) is 1. The predicted octanol–water partition coefficient (Wildman–Crippen LogP) is 3.04. The molecule has 0 unspecified atom stereocenters. The normalized spacial score (nSPS) is 9.82. The minimum Gasteiger partial charge on any atom is -0.330 e. The highest BCUT2D eigenvalue weighted by Crippen LogP contribution is 2.05. The lowest BCUT2D eigenvalue weighted by Crippen LogP contribution is -1.95. The van der Waals surface area contributed by atoms with E-state index < -0.39 is 0 Å². The van der Waals surface area contributed by atoms with Gasteiger partial charge < -0.3 is 5.73 Å². The van der Waals surface area contributed by atoms with Crippen LogP contribution in [0, 0.1) is 11.8 Å². The second-order valence-corrected chi connectivity index (χ2v) is 3.63. The van der Waals surface area contributed by atoms with Crippen LogP contribution in [0.2, 0.25) is 0 Å². The molecule has 1 nitrogen and oxygen atoms in total. The van der Waals surface area contributed by atoms with E-state index in [1.54, 1.807) is 0 Å². The summed E-state index contributed by atoms with van der Waals surface area (Å²) < 4.78 is 0. The van der Waals surface area contributed by atoms with Crippen LogP contribution in [0.25, 0.3) is 0 Å². The van der Waals surface area contributed by atoms with Gasteiger partial charge >= 0.3 is 0 Å². The molecule has 11 heavy (non-hydrogen) atoms. The van der Waals surface area contributed by atoms with Gasteiger partial charge in [0.25, 0.3) is 0 Å². The average Bonchev–Trinajstić information content (AvgIpc) is 1.90. The molecule has 0 rings (SSSR count). The van der Waals surface area contributed by atoms with Crippen molar-refractivity contribution in [2.75, 3.05) is 6.54 Å². The van der Waals surface area contributed by atoms with Crippen LogP contribution in [-0.4, -0.2) is 6.54 Å². The average molecular weight is 159 g/mol. The minimum atomic E-state index is 0.844. The largest absolute Gasteiger partial charge is 0.330 e. The third-order valence-corrected chi connectivity index (χ3v) is 1.89. The summed E-state index contributed by atoms with van der Waals surface area (Å²) in [5.41, 5.74) is 5.14. The molecule has 0 radical (unpaired) electrons. The van der Waals surface area contributed by atoms with Gasteiger partial charge in [-0.3, -0.25) is 0 Å². The highest BCUT2D eigenvalue weighted by molar-refractivity contribution is 4.46. The molecule has 0 heterocycles. The zero-order valence-electron chi connectivity index (χ0n) is 8.85. The van der Waals surface area contributed by atoms with Crippen LogP contribution >= 0.6 is 0 Å². The Morgan fingerprint density at radius 2 is 1.36 bits per heavy atom. The molecule has 0 amide bonds. The third kappa shape index (κ3) is 17.8. The Morgan fingerprint density at radius 3 is 1.36 bits per heavy atom. The fourth-order valence-corrected chi connectivity index (χ4v) is 0.204. The molecular formula is C10H25N. The second-order valence-electron chi connectivity index (χ2n) is 3.63. The Kier molecular flexibility index (Phi) is 12.3. The molecule has 0 aromatic rings. The van der Waals surface area contributed by atoms with Crippen LogP contribution in [0.15, 0.2) is 0 Å². The lowest BCUT2D eigenvalue weighted by Gasteiger charge is -2.05. The Balaban J connectivity index is 0. The van der Waals surface area contributed by atoms with E-state index in [1.165, 1.54) is 12.8 Å². The van der Waals surface area contributed by atoms with Gasteiger partial charge in [-0.1, -0.05) is 41.0 Å². The highest BCUT2D eigenvalue weighted by atomic mass is 14.5. The molecule has 1 heteroatoms. The standard InChI is InChI=1S/C6H14.C4H11N/c1-5(2)6(3)4;1-2-3-4-5/h5-6H,1-4H3;2-5H2,1H3. The molecule has 0 saturated carbocycles. The number of rotatable bonds is 3. The lowest BCUT2D eigenvalue weighted by atomic mass is 10.0. The lowest BCUT2D eigenvalue weighted by molar-refractivity contribution is 0.457. The first kappa shape index (κ1) is 13.5. The minimum absolute atomic E-state index is 0.844. The van der Waals surface area contributed by atoms with Gasteiger partial charge in [-0.2, -0.15) is 0 Å². The van der Waals surface area contributed by atoms with Crippen molar-refractivity contribution in [2.45, 2.75) is 47.5 Å². The summed E-state index contributed by atoms with van der Waals surface area (Å²) in [6.07, 6.45) is 2.39. The topological polar surface area (TPSA) is 26.0 Å². The zero-order chi connectivity index (χ0) is 9.28. The molecular weight excluding hydrogens is 134 g/mol. The Bertz CT molecular complexity index is 49.9. The van der Waals surface area contributed by atoms with Crippen molar-refractivity contribution in [1.29, 1.82) is 0 Å². The van der Waals surface area contributed by atoms with Crippen molar-refractivity contribution in [3.05, 3.63) is 0 Å². The molecule has 0 fully saturated rings. The molecule has 0 aromatic heterocycles. The molecule has 0 spiro atoms. The van der Waals surface area contributed by atoms with Crippen LogP contribution in [0.1, 0.15) is 47.5 Å². The summed E-state index contributed by atoms with van der Waals surface area (Å²) in [6.45, 7) is 11.9. The summed E-state index contributed by atoms with van der Waals surface area (Å²) in [7, 11) is 0. The van der Waals surface area contributed by atoms with Crippen molar-refractivity contribution in [2.24, 2.45) is 17.6 Å². The van der Waals surface area contributed by atoms with Gasteiger partial charge in [0.1, 0.15) is 0 Å². The number of unbranched alkanes of at least 4 members (excludes halogenated alkanes) is 1. The summed E-state index contributed by atoms with van der Waals surface area (Å²) in [5, 5.41) is 0. The van der Waals surface area contributed by atoms with Gasteiger partial charge in [-0.15, -0.1) is 0 Å². The summed E-state index contributed by atoms with van der Waals surface area (Å²) >= 11 is 0. The van der Waals surface area contributed by atoms with Gasteiger partial charge in [0.05, 0.1) is 0 Å². The smallest absolute Gasteiger partial charge is 0.00774 e. The van der Waals surface area contributed by atoms with E-state index in [1.807, 2.05) is 0 Å². The van der Waals surface area contributed by atoms with Crippen LogP contribution in [-0.2, 0) is 0 Å². The van der Waals surface area contributed by atoms with Gasteiger partial charge in [-0.05, 0) is 24.8 Å². The molecule has 2 N–H and O–H groups in total. The fraction of sp³-hybridized carbons (Fsp3) is 1.00. The third-order valence-electron chi connectivity index (χ3n) is 1.89. The molecule has 0 aliphatic carbocycles. The highest BCUT2D eigenvalue weighted by Gasteiger charge is 1.95. The van der Waals surface area contributed by atoms with Crippen molar-refractivity contribution in [1.82, 2.24) is 0 Å². The molecule has 0 saturated heterocycles. The predicted molar refractivity (Wildman–Crippen MR) is 53.6 cm³/mol. The zero-order valence-corrected chi connectivity index (χ0v) is 8.85. The van der Waals surface area contributed by atoms with E-state index in [0.29, 0.717) is 0 Å². The first-order chi connectivity index (χ1) is 5.06. The van der Waals surface area contributed by atoms with E-state index >= 15 is 0 Å². The Labute approximate surface area is 72.4 Å². The summed E-state index contributed by atoms with van der Waals surface area (Å²) in [6, 6.07) is 0. The van der Waals surface area contributed by atoms with Gasteiger partial charge in [0.2, 0.25) is 0 Å². The Morgan fingerprint density at radius 1 is 1.00 bits per heavy atom. The van der Waals surface area contributed by atoms with Crippen LogP contribution in [0.3, 0.4) is 0 Å². The van der Waals surface area contributed by atoms with E-state index in [4.69, 9.17) is 5.73 Å². The van der Waals surface area contributed by atoms with Crippen molar-refractivity contribution >= 4 is 0 Å². The summed E-state index contributed by atoms with van der Waals surface area (Å²) in [5.74, 6) is 1.70. The van der Waals surface area contributed by atoms with Gasteiger partial charge in [0, 0.05) is 0 Å². The number of hydrogen-bond donors (Lipinski definition) is 1. The Hall–Kier alpha value is -0.0400. The monoisotopic (exact) mass is 159 g/mol. The fourth-order valence-electron chi connectivity index (χ4n) is 0.204. The van der Waals surface area contributed by atoms with E-state index in [-0.39, 0.29) is 0 Å². The maximum Gasteiger partial charge on any atom is -0.00774 e. The second kappa shape index (κ2) is 9.96. The SMILES string of the molecule is CC(C)C(C)C.CCCCN.